The summed E-state index contributed by atoms with van der Waals surface area (Å²) >= 11 is 6.23. The topological polar surface area (TPSA) is 60.2 Å². The van der Waals surface area contributed by atoms with Crippen molar-refractivity contribution < 1.29 is 9.26 Å². The number of rotatable bonds is 7. The van der Waals surface area contributed by atoms with Gasteiger partial charge in [-0.25, -0.2) is 0 Å². The van der Waals surface area contributed by atoms with Crippen LogP contribution in [0.1, 0.15) is 37.7 Å². The Morgan fingerprint density at radius 3 is 2.95 bits per heavy atom. The number of hydrogen-bond donors (Lipinski definition) is 1. The highest BCUT2D eigenvalue weighted by Gasteiger charge is 2.09. The minimum absolute atomic E-state index is 0.235. The monoisotopic (exact) mass is 295 g/mol. The molecule has 0 saturated carbocycles. The number of halogens is 1. The lowest BCUT2D eigenvalue weighted by Crippen LogP contribution is -2.19. The SMILES string of the molecule is CCCNC(C)c1ccc(OCc2ncon2)c(Cl)c1. The highest BCUT2D eigenvalue weighted by atomic mass is 35.5. The highest BCUT2D eigenvalue weighted by Crippen LogP contribution is 2.28. The molecule has 5 nitrogen and oxygen atoms in total. The summed E-state index contributed by atoms with van der Waals surface area (Å²) in [5, 5.41) is 7.67. The van der Waals surface area contributed by atoms with Crippen LogP contribution in [-0.2, 0) is 6.61 Å². The fourth-order valence-electron chi connectivity index (χ4n) is 1.78. The predicted molar refractivity (Wildman–Crippen MR) is 76.8 cm³/mol. The summed E-state index contributed by atoms with van der Waals surface area (Å²) < 4.78 is 10.2. The van der Waals surface area contributed by atoms with Gasteiger partial charge in [-0.2, -0.15) is 4.98 Å². The van der Waals surface area contributed by atoms with Crippen molar-refractivity contribution in [3.05, 3.63) is 41.0 Å². The molecule has 0 radical (unpaired) electrons. The van der Waals surface area contributed by atoms with E-state index in [1.165, 1.54) is 6.39 Å². The number of nitrogens with zero attached hydrogens (tertiary/aromatic N) is 2. The Labute approximate surface area is 123 Å². The van der Waals surface area contributed by atoms with Gasteiger partial charge in [0, 0.05) is 6.04 Å². The van der Waals surface area contributed by atoms with Gasteiger partial charge in [-0.05, 0) is 37.6 Å². The summed E-state index contributed by atoms with van der Waals surface area (Å²) in [5.74, 6) is 1.10. The molecule has 0 bridgehead atoms. The Bertz CT molecular complexity index is 531. The third-order valence-corrected chi connectivity index (χ3v) is 3.22. The van der Waals surface area contributed by atoms with E-state index >= 15 is 0 Å². The second-order valence-electron chi connectivity index (χ2n) is 4.50. The number of aromatic nitrogens is 2. The van der Waals surface area contributed by atoms with Crippen molar-refractivity contribution in [1.29, 1.82) is 0 Å². The van der Waals surface area contributed by atoms with Crippen LogP contribution in [-0.4, -0.2) is 16.7 Å². The zero-order valence-electron chi connectivity index (χ0n) is 11.6. The maximum absolute atomic E-state index is 6.23. The molecular weight excluding hydrogens is 278 g/mol. The summed E-state index contributed by atoms with van der Waals surface area (Å²) in [5.41, 5.74) is 1.13. The molecule has 0 aliphatic rings. The molecule has 108 valence electrons. The van der Waals surface area contributed by atoms with Crippen LogP contribution in [0.5, 0.6) is 5.75 Å². The molecule has 0 spiro atoms. The van der Waals surface area contributed by atoms with E-state index in [9.17, 15) is 0 Å². The Morgan fingerprint density at radius 2 is 2.30 bits per heavy atom. The lowest BCUT2D eigenvalue weighted by Gasteiger charge is -2.15. The van der Waals surface area contributed by atoms with Crippen LogP contribution in [0.2, 0.25) is 5.02 Å². The molecule has 1 unspecified atom stereocenters. The van der Waals surface area contributed by atoms with Crippen molar-refractivity contribution in [3.63, 3.8) is 0 Å². The minimum atomic E-state index is 0.235. The Morgan fingerprint density at radius 1 is 1.45 bits per heavy atom. The molecular formula is C14H18ClN3O2. The molecule has 2 rings (SSSR count). The zero-order chi connectivity index (χ0) is 14.4. The van der Waals surface area contributed by atoms with Crippen LogP contribution in [0.4, 0.5) is 0 Å². The maximum atomic E-state index is 6.23. The molecule has 6 heteroatoms. The van der Waals surface area contributed by atoms with Gasteiger partial charge in [-0.3, -0.25) is 0 Å². The average Bonchev–Trinajstić information content (AvgIpc) is 2.96. The van der Waals surface area contributed by atoms with E-state index < -0.39 is 0 Å². The summed E-state index contributed by atoms with van der Waals surface area (Å²) in [6.07, 6.45) is 2.37. The molecule has 1 atom stereocenters. The smallest absolute Gasteiger partial charge is 0.213 e. The van der Waals surface area contributed by atoms with Crippen LogP contribution in [0.3, 0.4) is 0 Å². The van der Waals surface area contributed by atoms with Gasteiger partial charge in [0.05, 0.1) is 5.02 Å². The molecule has 0 aliphatic heterocycles. The normalized spacial score (nSPS) is 12.3. The second kappa shape index (κ2) is 7.26. The largest absolute Gasteiger partial charge is 0.484 e. The molecule has 2 aromatic rings. The molecule has 1 aromatic heterocycles. The summed E-state index contributed by atoms with van der Waals surface area (Å²) in [7, 11) is 0. The van der Waals surface area contributed by atoms with E-state index in [0.717, 1.165) is 18.5 Å². The van der Waals surface area contributed by atoms with Gasteiger partial charge in [0.15, 0.2) is 6.61 Å². The molecule has 1 aromatic carbocycles. The number of nitrogens with one attached hydrogen (secondary N) is 1. The number of benzene rings is 1. The maximum Gasteiger partial charge on any atom is 0.213 e. The second-order valence-corrected chi connectivity index (χ2v) is 4.91. The Balaban J connectivity index is 1.98. The zero-order valence-corrected chi connectivity index (χ0v) is 12.4. The number of hydrogen-bond acceptors (Lipinski definition) is 5. The summed E-state index contributed by atoms with van der Waals surface area (Å²) in [6, 6.07) is 6.05. The van der Waals surface area contributed by atoms with Crippen LogP contribution in [0.15, 0.2) is 29.1 Å². The predicted octanol–water partition coefficient (Wildman–Crippen LogP) is 3.36. The van der Waals surface area contributed by atoms with E-state index in [4.69, 9.17) is 16.3 Å². The van der Waals surface area contributed by atoms with E-state index in [-0.39, 0.29) is 12.6 Å². The first kappa shape index (κ1) is 14.8. The van der Waals surface area contributed by atoms with Gasteiger partial charge in [0.1, 0.15) is 5.75 Å². The van der Waals surface area contributed by atoms with E-state index in [0.29, 0.717) is 16.6 Å². The molecule has 0 amide bonds. The van der Waals surface area contributed by atoms with Gasteiger partial charge >= 0.3 is 0 Å². The van der Waals surface area contributed by atoms with Crippen molar-refractivity contribution in [2.45, 2.75) is 32.9 Å². The first-order chi connectivity index (χ1) is 9.70. The van der Waals surface area contributed by atoms with E-state index in [1.54, 1.807) is 0 Å². The van der Waals surface area contributed by atoms with Gasteiger partial charge < -0.3 is 14.6 Å². The van der Waals surface area contributed by atoms with Crippen LogP contribution < -0.4 is 10.1 Å². The van der Waals surface area contributed by atoms with Gasteiger partial charge in [0.2, 0.25) is 12.2 Å². The minimum Gasteiger partial charge on any atom is -0.484 e. The first-order valence-electron chi connectivity index (χ1n) is 6.61. The molecule has 1 N–H and O–H groups in total. The van der Waals surface area contributed by atoms with Gasteiger partial charge in [0.25, 0.3) is 0 Å². The Hall–Kier alpha value is -1.59. The fraction of sp³-hybridized carbons (Fsp3) is 0.429. The third-order valence-electron chi connectivity index (χ3n) is 2.92. The Kier molecular flexibility index (Phi) is 5.38. The molecule has 0 fully saturated rings. The third kappa shape index (κ3) is 3.95. The molecule has 1 heterocycles. The van der Waals surface area contributed by atoms with Crippen molar-refractivity contribution in [1.82, 2.24) is 15.5 Å². The van der Waals surface area contributed by atoms with Crippen molar-refractivity contribution >= 4 is 11.6 Å². The van der Waals surface area contributed by atoms with E-state index in [1.807, 2.05) is 18.2 Å². The van der Waals surface area contributed by atoms with Crippen molar-refractivity contribution in [3.8, 4) is 5.75 Å². The quantitative estimate of drug-likeness (QED) is 0.848. The average molecular weight is 296 g/mol. The summed E-state index contributed by atoms with van der Waals surface area (Å²) in [4.78, 5) is 3.88. The fourth-order valence-corrected chi connectivity index (χ4v) is 2.02. The van der Waals surface area contributed by atoms with Crippen molar-refractivity contribution in [2.75, 3.05) is 6.54 Å². The lowest BCUT2D eigenvalue weighted by molar-refractivity contribution is 0.286. The molecule has 0 aliphatic carbocycles. The highest BCUT2D eigenvalue weighted by molar-refractivity contribution is 6.32. The van der Waals surface area contributed by atoms with Gasteiger partial charge in [-0.15, -0.1) is 0 Å². The van der Waals surface area contributed by atoms with Crippen LogP contribution in [0, 0.1) is 0 Å². The van der Waals surface area contributed by atoms with Crippen LogP contribution >= 0.6 is 11.6 Å². The molecule has 20 heavy (non-hydrogen) atoms. The van der Waals surface area contributed by atoms with Gasteiger partial charge in [-0.1, -0.05) is 29.7 Å². The van der Waals surface area contributed by atoms with Crippen molar-refractivity contribution in [2.24, 2.45) is 0 Å². The number of ether oxygens (including phenoxy) is 1. The van der Waals surface area contributed by atoms with E-state index in [2.05, 4.69) is 33.8 Å². The summed E-state index contributed by atoms with van der Waals surface area (Å²) in [6.45, 7) is 5.47. The molecule has 0 saturated heterocycles. The standard InChI is InChI=1S/C14H18ClN3O2/c1-3-6-16-10(2)11-4-5-13(12(15)7-11)19-8-14-17-9-20-18-14/h4-5,7,9-10,16H,3,6,8H2,1-2H3. The first-order valence-corrected chi connectivity index (χ1v) is 6.99. The lowest BCUT2D eigenvalue weighted by atomic mass is 10.1. The van der Waals surface area contributed by atoms with Crippen LogP contribution in [0.25, 0.3) is 0 Å².